The van der Waals surface area contributed by atoms with E-state index >= 15 is 0 Å². The highest BCUT2D eigenvalue weighted by Gasteiger charge is 2.24. The average Bonchev–Trinajstić information content (AvgIpc) is 3.23. The standard InChI is InChI=1S/C15H19FN2O/c16-13-8-11(10-3-5-17-6-4-10)7-12(9-13)15(19)18-14-1-2-14/h7-10,14,17H,1-6H2,(H,18,19). The van der Waals surface area contributed by atoms with Crippen LogP contribution in [0.3, 0.4) is 0 Å². The van der Waals surface area contributed by atoms with Crippen LogP contribution in [0.1, 0.15) is 47.5 Å². The second-order valence-electron chi connectivity index (χ2n) is 5.55. The second-order valence-corrected chi connectivity index (χ2v) is 5.55. The fourth-order valence-electron chi connectivity index (χ4n) is 2.63. The minimum absolute atomic E-state index is 0.141. The summed E-state index contributed by atoms with van der Waals surface area (Å²) in [4.78, 5) is 12.0. The summed E-state index contributed by atoms with van der Waals surface area (Å²) >= 11 is 0. The molecule has 2 fully saturated rings. The quantitative estimate of drug-likeness (QED) is 0.876. The van der Waals surface area contributed by atoms with Gasteiger partial charge in [-0.05, 0) is 68.5 Å². The lowest BCUT2D eigenvalue weighted by atomic mass is 9.89. The van der Waals surface area contributed by atoms with Gasteiger partial charge in [0.2, 0.25) is 0 Å². The van der Waals surface area contributed by atoms with E-state index in [1.165, 1.54) is 6.07 Å². The van der Waals surface area contributed by atoms with E-state index in [0.29, 0.717) is 17.5 Å². The highest BCUT2D eigenvalue weighted by atomic mass is 19.1. The van der Waals surface area contributed by atoms with Crippen molar-refractivity contribution in [2.24, 2.45) is 0 Å². The van der Waals surface area contributed by atoms with E-state index < -0.39 is 0 Å². The lowest BCUT2D eigenvalue weighted by Crippen LogP contribution is -2.28. The molecule has 2 N–H and O–H groups in total. The molecule has 2 aliphatic rings. The minimum atomic E-state index is -0.308. The number of halogens is 1. The summed E-state index contributed by atoms with van der Waals surface area (Å²) in [6, 6.07) is 5.07. The van der Waals surface area contributed by atoms with Crippen molar-refractivity contribution in [1.82, 2.24) is 10.6 Å². The van der Waals surface area contributed by atoms with Gasteiger partial charge in [-0.25, -0.2) is 4.39 Å². The lowest BCUT2D eigenvalue weighted by molar-refractivity contribution is 0.0950. The van der Waals surface area contributed by atoms with Crippen LogP contribution in [0, 0.1) is 5.82 Å². The molecule has 1 saturated heterocycles. The third-order valence-electron chi connectivity index (χ3n) is 3.91. The molecule has 1 heterocycles. The van der Waals surface area contributed by atoms with Gasteiger partial charge in [0, 0.05) is 11.6 Å². The molecule has 3 nitrogen and oxygen atoms in total. The topological polar surface area (TPSA) is 41.1 Å². The van der Waals surface area contributed by atoms with E-state index in [9.17, 15) is 9.18 Å². The van der Waals surface area contributed by atoms with E-state index in [1.807, 2.05) is 6.07 Å². The van der Waals surface area contributed by atoms with Gasteiger partial charge in [0.05, 0.1) is 0 Å². The van der Waals surface area contributed by atoms with E-state index in [1.54, 1.807) is 6.07 Å². The first-order valence-corrected chi connectivity index (χ1v) is 7.04. The second kappa shape index (κ2) is 5.29. The van der Waals surface area contributed by atoms with Gasteiger partial charge < -0.3 is 10.6 Å². The number of hydrogen-bond donors (Lipinski definition) is 2. The molecule has 0 spiro atoms. The molecule has 1 amide bonds. The molecule has 4 heteroatoms. The molecule has 0 bridgehead atoms. The van der Waals surface area contributed by atoms with Crippen LogP contribution in [0.25, 0.3) is 0 Å². The van der Waals surface area contributed by atoms with Gasteiger partial charge in [-0.2, -0.15) is 0 Å². The van der Waals surface area contributed by atoms with Gasteiger partial charge in [0.25, 0.3) is 5.91 Å². The first-order chi connectivity index (χ1) is 9.22. The molecule has 3 rings (SSSR count). The van der Waals surface area contributed by atoms with Gasteiger partial charge in [-0.1, -0.05) is 0 Å². The normalized spacial score (nSPS) is 20.3. The Balaban J connectivity index is 1.79. The number of carbonyl (C=O) groups is 1. The van der Waals surface area contributed by atoms with Crippen LogP contribution >= 0.6 is 0 Å². The zero-order chi connectivity index (χ0) is 13.2. The Kier molecular flexibility index (Phi) is 3.51. The van der Waals surface area contributed by atoms with Gasteiger partial charge >= 0.3 is 0 Å². The number of benzene rings is 1. The number of rotatable bonds is 3. The van der Waals surface area contributed by atoms with Crippen molar-refractivity contribution in [2.75, 3.05) is 13.1 Å². The van der Waals surface area contributed by atoms with Gasteiger partial charge in [0.15, 0.2) is 0 Å². The predicted octanol–water partition coefficient (Wildman–Crippen LogP) is 2.18. The van der Waals surface area contributed by atoms with Crippen molar-refractivity contribution in [3.05, 3.63) is 35.1 Å². The molecule has 0 aromatic heterocycles. The Bertz CT molecular complexity index is 479. The van der Waals surface area contributed by atoms with Gasteiger partial charge in [-0.3, -0.25) is 4.79 Å². The van der Waals surface area contributed by atoms with Crippen LogP contribution in [-0.4, -0.2) is 25.0 Å². The summed E-state index contributed by atoms with van der Waals surface area (Å²) in [7, 11) is 0. The van der Waals surface area contributed by atoms with Crippen LogP contribution in [-0.2, 0) is 0 Å². The van der Waals surface area contributed by atoms with Gasteiger partial charge in [-0.15, -0.1) is 0 Å². The van der Waals surface area contributed by atoms with Crippen LogP contribution in [0.5, 0.6) is 0 Å². The summed E-state index contributed by atoms with van der Waals surface area (Å²) in [5.74, 6) is -0.0846. The first-order valence-electron chi connectivity index (χ1n) is 7.04. The summed E-state index contributed by atoms with van der Waals surface area (Å²) < 4.78 is 13.7. The molecule has 1 saturated carbocycles. The molecule has 0 radical (unpaired) electrons. The fourth-order valence-corrected chi connectivity index (χ4v) is 2.63. The molecule has 19 heavy (non-hydrogen) atoms. The molecular weight excluding hydrogens is 243 g/mol. The van der Waals surface area contributed by atoms with Crippen molar-refractivity contribution in [2.45, 2.75) is 37.6 Å². The van der Waals surface area contributed by atoms with Crippen LogP contribution in [0.15, 0.2) is 18.2 Å². The van der Waals surface area contributed by atoms with Crippen LogP contribution < -0.4 is 10.6 Å². The van der Waals surface area contributed by atoms with E-state index in [2.05, 4.69) is 10.6 Å². The van der Waals surface area contributed by atoms with Crippen LogP contribution in [0.4, 0.5) is 4.39 Å². The summed E-state index contributed by atoms with van der Waals surface area (Å²) in [5.41, 5.74) is 1.42. The van der Waals surface area contributed by atoms with Crippen LogP contribution in [0.2, 0.25) is 0 Å². The van der Waals surface area contributed by atoms with Crippen molar-refractivity contribution in [3.63, 3.8) is 0 Å². The zero-order valence-electron chi connectivity index (χ0n) is 10.9. The maximum Gasteiger partial charge on any atom is 0.251 e. The fraction of sp³-hybridized carbons (Fsp3) is 0.533. The molecule has 1 aromatic rings. The third kappa shape index (κ3) is 3.13. The summed E-state index contributed by atoms with van der Waals surface area (Å²) in [6.45, 7) is 1.93. The maximum atomic E-state index is 13.7. The Labute approximate surface area is 112 Å². The summed E-state index contributed by atoms with van der Waals surface area (Å²) in [6.07, 6.45) is 4.10. The average molecular weight is 262 g/mol. The first kappa shape index (κ1) is 12.6. The SMILES string of the molecule is O=C(NC1CC1)c1cc(F)cc(C2CCNCC2)c1. The molecule has 102 valence electrons. The number of piperidine rings is 1. The molecular formula is C15H19FN2O. The molecule has 1 aliphatic carbocycles. The van der Waals surface area contributed by atoms with Crippen molar-refractivity contribution in [3.8, 4) is 0 Å². The maximum absolute atomic E-state index is 13.7. The predicted molar refractivity (Wildman–Crippen MR) is 71.7 cm³/mol. The van der Waals surface area contributed by atoms with E-state index in [-0.39, 0.29) is 11.7 Å². The molecule has 1 aliphatic heterocycles. The number of amides is 1. The van der Waals surface area contributed by atoms with Crippen molar-refractivity contribution < 1.29 is 9.18 Å². The van der Waals surface area contributed by atoms with E-state index in [4.69, 9.17) is 0 Å². The molecule has 0 unspecified atom stereocenters. The highest BCUT2D eigenvalue weighted by Crippen LogP contribution is 2.27. The smallest absolute Gasteiger partial charge is 0.251 e. The van der Waals surface area contributed by atoms with Crippen molar-refractivity contribution >= 4 is 5.91 Å². The summed E-state index contributed by atoms with van der Waals surface area (Å²) in [5, 5.41) is 6.21. The van der Waals surface area contributed by atoms with E-state index in [0.717, 1.165) is 44.3 Å². The highest BCUT2D eigenvalue weighted by molar-refractivity contribution is 5.94. The number of nitrogens with one attached hydrogen (secondary N) is 2. The lowest BCUT2D eigenvalue weighted by Gasteiger charge is -2.23. The Morgan fingerprint density at radius 2 is 1.89 bits per heavy atom. The van der Waals surface area contributed by atoms with Gasteiger partial charge in [0.1, 0.15) is 5.82 Å². The Hall–Kier alpha value is -1.42. The third-order valence-corrected chi connectivity index (χ3v) is 3.91. The monoisotopic (exact) mass is 262 g/mol. The molecule has 0 atom stereocenters. The number of carbonyl (C=O) groups excluding carboxylic acids is 1. The minimum Gasteiger partial charge on any atom is -0.349 e. The number of hydrogen-bond acceptors (Lipinski definition) is 2. The largest absolute Gasteiger partial charge is 0.349 e. The zero-order valence-corrected chi connectivity index (χ0v) is 10.9. The Morgan fingerprint density at radius 1 is 1.16 bits per heavy atom. The van der Waals surface area contributed by atoms with Crippen molar-refractivity contribution in [1.29, 1.82) is 0 Å². The Morgan fingerprint density at radius 3 is 2.58 bits per heavy atom. The molecule has 1 aromatic carbocycles.